The lowest BCUT2D eigenvalue weighted by Crippen LogP contribution is -2.77. The highest BCUT2D eigenvalue weighted by atomic mass is 35.5. The Morgan fingerprint density at radius 2 is 2.14 bits per heavy atom. The highest BCUT2D eigenvalue weighted by Crippen LogP contribution is 2.67. The molecule has 148 valence electrons. The number of hydrogen-bond acceptors (Lipinski definition) is 5. The lowest BCUT2D eigenvalue weighted by Gasteiger charge is -2.69. The van der Waals surface area contributed by atoms with Crippen LogP contribution in [0.2, 0.25) is 5.02 Å². The van der Waals surface area contributed by atoms with Crippen molar-refractivity contribution in [1.29, 1.82) is 0 Å². The van der Waals surface area contributed by atoms with Crippen LogP contribution >= 0.6 is 11.6 Å². The van der Waals surface area contributed by atoms with Crippen molar-refractivity contribution in [3.63, 3.8) is 0 Å². The minimum Gasteiger partial charge on any atom is -0.484 e. The SMILES string of the molecule is O=C(COc1ccc(Cl)c(F)c1)NC12CC(c3cn(C4CC(O)C4)nn3)(C1)C2. The van der Waals surface area contributed by atoms with Crippen LogP contribution in [0.5, 0.6) is 5.75 Å². The van der Waals surface area contributed by atoms with E-state index in [1.165, 1.54) is 12.1 Å². The Morgan fingerprint density at radius 3 is 2.82 bits per heavy atom. The van der Waals surface area contributed by atoms with Crippen molar-refractivity contribution in [2.45, 2.75) is 55.2 Å². The molecule has 0 saturated heterocycles. The largest absolute Gasteiger partial charge is 0.484 e. The van der Waals surface area contributed by atoms with Gasteiger partial charge in [0.2, 0.25) is 0 Å². The normalized spacial score (nSPS) is 32.7. The van der Waals surface area contributed by atoms with E-state index in [0.717, 1.165) is 43.9 Å². The Hall–Kier alpha value is -2.19. The number of benzene rings is 1. The Bertz CT molecular complexity index is 923. The molecular formula is C19H20ClFN4O3. The number of halogens is 2. The van der Waals surface area contributed by atoms with Crippen LogP contribution in [0.1, 0.15) is 43.8 Å². The lowest BCUT2D eigenvalue weighted by molar-refractivity contribution is -0.140. The van der Waals surface area contributed by atoms with Gasteiger partial charge >= 0.3 is 0 Å². The average Bonchev–Trinajstić information content (AvgIpc) is 3.04. The van der Waals surface area contributed by atoms with Gasteiger partial charge in [-0.3, -0.25) is 4.79 Å². The Morgan fingerprint density at radius 1 is 1.39 bits per heavy atom. The molecule has 4 saturated carbocycles. The highest BCUT2D eigenvalue weighted by Gasteiger charge is 2.70. The maximum absolute atomic E-state index is 13.4. The van der Waals surface area contributed by atoms with Crippen LogP contribution in [0.3, 0.4) is 0 Å². The molecule has 0 unspecified atom stereocenters. The fraction of sp³-hybridized carbons (Fsp3) is 0.526. The highest BCUT2D eigenvalue weighted by molar-refractivity contribution is 6.30. The predicted molar refractivity (Wildman–Crippen MR) is 97.6 cm³/mol. The molecule has 28 heavy (non-hydrogen) atoms. The third-order valence-corrected chi connectivity index (χ3v) is 6.52. The molecule has 1 aromatic heterocycles. The molecule has 1 amide bonds. The molecule has 0 radical (unpaired) electrons. The van der Waals surface area contributed by atoms with Gasteiger partial charge in [-0.1, -0.05) is 16.8 Å². The molecule has 1 heterocycles. The number of amides is 1. The molecule has 0 aliphatic heterocycles. The van der Waals surface area contributed by atoms with Crippen LogP contribution in [0, 0.1) is 5.82 Å². The van der Waals surface area contributed by atoms with E-state index >= 15 is 0 Å². The van der Waals surface area contributed by atoms with Gasteiger partial charge in [0.05, 0.1) is 22.9 Å². The summed E-state index contributed by atoms with van der Waals surface area (Å²) in [7, 11) is 0. The van der Waals surface area contributed by atoms with Gasteiger partial charge in [0, 0.05) is 23.2 Å². The first kappa shape index (κ1) is 17.9. The molecule has 9 heteroatoms. The van der Waals surface area contributed by atoms with Crippen LogP contribution < -0.4 is 10.1 Å². The number of nitrogens with one attached hydrogen (secondary N) is 1. The van der Waals surface area contributed by atoms with Crippen molar-refractivity contribution < 1.29 is 19.0 Å². The van der Waals surface area contributed by atoms with Crippen molar-refractivity contribution in [2.24, 2.45) is 0 Å². The number of hydrogen-bond donors (Lipinski definition) is 2. The van der Waals surface area contributed by atoms with E-state index < -0.39 is 5.82 Å². The summed E-state index contributed by atoms with van der Waals surface area (Å²) in [4.78, 5) is 12.2. The molecule has 0 atom stereocenters. The predicted octanol–water partition coefficient (Wildman–Crippen LogP) is 2.14. The minimum atomic E-state index is -0.578. The second-order valence-corrected chi connectivity index (χ2v) is 8.77. The van der Waals surface area contributed by atoms with E-state index in [9.17, 15) is 14.3 Å². The molecule has 7 nitrogen and oxygen atoms in total. The summed E-state index contributed by atoms with van der Waals surface area (Å²) in [6.45, 7) is -0.171. The lowest BCUT2D eigenvalue weighted by atomic mass is 9.38. The van der Waals surface area contributed by atoms with Crippen LogP contribution in [-0.4, -0.2) is 44.3 Å². The van der Waals surface area contributed by atoms with Crippen molar-refractivity contribution in [3.05, 3.63) is 40.9 Å². The van der Waals surface area contributed by atoms with Crippen LogP contribution in [-0.2, 0) is 10.2 Å². The molecule has 0 spiro atoms. The number of carbonyl (C=O) groups excluding carboxylic acids is 1. The van der Waals surface area contributed by atoms with E-state index in [1.54, 1.807) is 0 Å². The van der Waals surface area contributed by atoms with E-state index in [0.29, 0.717) is 0 Å². The molecule has 4 aliphatic carbocycles. The van der Waals surface area contributed by atoms with E-state index in [4.69, 9.17) is 16.3 Å². The summed E-state index contributed by atoms with van der Waals surface area (Å²) >= 11 is 5.63. The van der Waals surface area contributed by atoms with Gasteiger partial charge in [-0.2, -0.15) is 0 Å². The zero-order chi connectivity index (χ0) is 19.5. The van der Waals surface area contributed by atoms with Crippen LogP contribution in [0.15, 0.2) is 24.4 Å². The minimum absolute atomic E-state index is 0.00799. The van der Waals surface area contributed by atoms with E-state index in [2.05, 4.69) is 15.6 Å². The molecule has 4 fully saturated rings. The second kappa shape index (κ2) is 6.15. The Labute approximate surface area is 165 Å². The van der Waals surface area contributed by atoms with Crippen molar-refractivity contribution in [1.82, 2.24) is 20.3 Å². The zero-order valence-electron chi connectivity index (χ0n) is 15.1. The molecule has 6 rings (SSSR count). The van der Waals surface area contributed by atoms with Crippen LogP contribution in [0.4, 0.5) is 4.39 Å². The second-order valence-electron chi connectivity index (χ2n) is 8.37. The van der Waals surface area contributed by atoms with Gasteiger partial charge < -0.3 is 15.2 Å². The topological polar surface area (TPSA) is 89.3 Å². The average molecular weight is 407 g/mol. The fourth-order valence-corrected chi connectivity index (χ4v) is 4.83. The molecule has 2 aromatic rings. The number of ether oxygens (including phenoxy) is 1. The number of nitrogens with zero attached hydrogens (tertiary/aromatic N) is 3. The number of aliphatic hydroxyl groups excluding tert-OH is 1. The third-order valence-electron chi connectivity index (χ3n) is 6.21. The quantitative estimate of drug-likeness (QED) is 0.767. The number of rotatable bonds is 6. The van der Waals surface area contributed by atoms with Gasteiger partial charge in [0.15, 0.2) is 6.61 Å². The molecular weight excluding hydrogens is 387 g/mol. The van der Waals surface area contributed by atoms with Gasteiger partial charge in [0.1, 0.15) is 11.6 Å². The third kappa shape index (κ3) is 2.86. The monoisotopic (exact) mass is 406 g/mol. The van der Waals surface area contributed by atoms with Crippen molar-refractivity contribution >= 4 is 17.5 Å². The fourth-order valence-electron chi connectivity index (χ4n) is 4.71. The Kier molecular flexibility index (Phi) is 3.93. The number of aromatic nitrogens is 3. The Balaban J connectivity index is 1.12. The summed E-state index contributed by atoms with van der Waals surface area (Å²) in [6, 6.07) is 4.33. The molecule has 4 aliphatic rings. The van der Waals surface area contributed by atoms with Gasteiger partial charge in [-0.15, -0.1) is 5.10 Å². The van der Waals surface area contributed by atoms with Gasteiger partial charge in [-0.05, 0) is 44.2 Å². The molecule has 2 N–H and O–H groups in total. The summed E-state index contributed by atoms with van der Waals surface area (Å²) < 4.78 is 20.6. The molecule has 2 bridgehead atoms. The van der Waals surface area contributed by atoms with E-state index in [-0.39, 0.29) is 46.4 Å². The van der Waals surface area contributed by atoms with Crippen molar-refractivity contribution in [3.8, 4) is 5.75 Å². The first-order valence-electron chi connectivity index (χ1n) is 9.36. The molecule has 1 aromatic carbocycles. The number of carbonyl (C=O) groups is 1. The maximum Gasteiger partial charge on any atom is 0.258 e. The zero-order valence-corrected chi connectivity index (χ0v) is 15.8. The summed E-state index contributed by atoms with van der Waals surface area (Å²) in [5.74, 6) is -0.537. The smallest absolute Gasteiger partial charge is 0.258 e. The van der Waals surface area contributed by atoms with Gasteiger partial charge in [-0.25, -0.2) is 9.07 Å². The van der Waals surface area contributed by atoms with Crippen LogP contribution in [0.25, 0.3) is 0 Å². The van der Waals surface area contributed by atoms with Gasteiger partial charge in [0.25, 0.3) is 5.91 Å². The summed E-state index contributed by atoms with van der Waals surface area (Å²) in [5.41, 5.74) is 0.786. The summed E-state index contributed by atoms with van der Waals surface area (Å²) in [5, 5.41) is 21.0. The summed E-state index contributed by atoms with van der Waals surface area (Å²) in [6.07, 6.45) is 5.74. The standard InChI is InChI=1S/C19H20ClFN4O3/c20-14-2-1-13(5-15(14)21)28-7-17(27)22-19-8-18(9-19,10-19)16-6-25(24-23-16)11-3-12(26)4-11/h1-2,5-6,11-12,26H,3-4,7-10H2,(H,22,27). The first-order chi connectivity index (χ1) is 13.4. The maximum atomic E-state index is 13.4. The number of aliphatic hydroxyl groups is 1. The van der Waals surface area contributed by atoms with E-state index in [1.807, 2.05) is 10.9 Å². The first-order valence-corrected chi connectivity index (χ1v) is 9.74. The van der Waals surface area contributed by atoms with Crippen molar-refractivity contribution in [2.75, 3.05) is 6.61 Å².